The fraction of sp³-hybridized carbons (Fsp3) is 0.333. The minimum Gasteiger partial charge on any atom is -0.454 e. The molecule has 2 rings (SSSR count). The van der Waals surface area contributed by atoms with Gasteiger partial charge in [-0.1, -0.05) is 43.1 Å². The lowest BCUT2D eigenvalue weighted by Crippen LogP contribution is -2.30. The summed E-state index contributed by atoms with van der Waals surface area (Å²) < 4.78 is 31.7. The van der Waals surface area contributed by atoms with Gasteiger partial charge in [-0.3, -0.25) is 4.79 Å². The van der Waals surface area contributed by atoms with Crippen LogP contribution in [-0.4, -0.2) is 44.2 Å². The molecule has 2 aromatic rings. The number of carbonyl (C=O) groups is 2. The first-order chi connectivity index (χ1) is 13.6. The van der Waals surface area contributed by atoms with Crippen molar-refractivity contribution < 1.29 is 22.7 Å². The molecule has 0 spiro atoms. The summed E-state index contributed by atoms with van der Waals surface area (Å²) in [6.07, 6.45) is 0. The van der Waals surface area contributed by atoms with Gasteiger partial charge >= 0.3 is 5.97 Å². The van der Waals surface area contributed by atoms with Gasteiger partial charge in [0.25, 0.3) is 0 Å². The molecule has 0 atom stereocenters. The molecule has 2 aromatic carbocycles. The summed E-state index contributed by atoms with van der Waals surface area (Å²) in [4.78, 5) is 24.8. The Morgan fingerprint density at radius 2 is 1.66 bits per heavy atom. The Balaban J connectivity index is 2.23. The van der Waals surface area contributed by atoms with Crippen LogP contribution in [0, 0.1) is 13.8 Å². The van der Waals surface area contributed by atoms with Gasteiger partial charge in [-0.2, -0.15) is 4.31 Å². The fourth-order valence-electron chi connectivity index (χ4n) is 2.86. The van der Waals surface area contributed by atoms with Gasteiger partial charge in [-0.15, -0.1) is 0 Å². The minimum atomic E-state index is -3.76. The van der Waals surface area contributed by atoms with Crippen LogP contribution in [-0.2, 0) is 14.8 Å². The topological polar surface area (TPSA) is 80.8 Å². The first kappa shape index (κ1) is 23.1. The lowest BCUT2D eigenvalue weighted by Gasteiger charge is -2.19. The van der Waals surface area contributed by atoms with Crippen molar-refractivity contribution in [3.05, 3.63) is 63.7 Å². The molecule has 0 heterocycles. The molecule has 0 saturated heterocycles. The van der Waals surface area contributed by atoms with E-state index in [1.54, 1.807) is 26.8 Å². The van der Waals surface area contributed by atoms with E-state index in [4.69, 9.17) is 16.3 Å². The number of benzene rings is 2. The second-order valence-corrected chi connectivity index (χ2v) is 8.89. The predicted octanol–water partition coefficient (Wildman–Crippen LogP) is 4.03. The SMILES string of the molecule is CCN(CC)S(=O)(=O)c1ccc(Cl)c(C(=O)OCC(=O)c2cc(C)ccc2C)c1. The summed E-state index contributed by atoms with van der Waals surface area (Å²) in [7, 11) is -3.76. The van der Waals surface area contributed by atoms with Crippen LogP contribution in [0.25, 0.3) is 0 Å². The number of esters is 1. The number of ether oxygens (including phenoxy) is 1. The van der Waals surface area contributed by atoms with E-state index in [-0.39, 0.29) is 21.3 Å². The van der Waals surface area contributed by atoms with Crippen molar-refractivity contribution >= 4 is 33.4 Å². The second-order valence-electron chi connectivity index (χ2n) is 6.55. The van der Waals surface area contributed by atoms with Crippen molar-refractivity contribution in [1.82, 2.24) is 4.31 Å². The lowest BCUT2D eigenvalue weighted by atomic mass is 10.0. The number of carbonyl (C=O) groups excluding carboxylic acids is 2. The van der Waals surface area contributed by atoms with E-state index in [9.17, 15) is 18.0 Å². The Hall–Kier alpha value is -2.22. The van der Waals surface area contributed by atoms with E-state index in [0.29, 0.717) is 18.7 Å². The molecule has 0 aliphatic rings. The quantitative estimate of drug-likeness (QED) is 0.460. The highest BCUT2D eigenvalue weighted by molar-refractivity contribution is 7.89. The molecule has 8 heteroatoms. The Labute approximate surface area is 176 Å². The van der Waals surface area contributed by atoms with Crippen molar-refractivity contribution in [2.45, 2.75) is 32.6 Å². The van der Waals surface area contributed by atoms with Crippen molar-refractivity contribution in [3.63, 3.8) is 0 Å². The van der Waals surface area contributed by atoms with Gasteiger partial charge in [0.2, 0.25) is 15.8 Å². The zero-order valence-electron chi connectivity index (χ0n) is 16.9. The van der Waals surface area contributed by atoms with Crippen molar-refractivity contribution in [3.8, 4) is 0 Å². The summed E-state index contributed by atoms with van der Waals surface area (Å²) in [5.74, 6) is -1.20. The van der Waals surface area contributed by atoms with Gasteiger partial charge in [0.1, 0.15) is 0 Å². The molecule has 0 aliphatic heterocycles. The van der Waals surface area contributed by atoms with E-state index in [2.05, 4.69) is 0 Å². The van der Waals surface area contributed by atoms with E-state index < -0.39 is 22.6 Å². The van der Waals surface area contributed by atoms with Crippen LogP contribution >= 0.6 is 11.6 Å². The number of hydrogen-bond donors (Lipinski definition) is 0. The summed E-state index contributed by atoms with van der Waals surface area (Å²) in [6, 6.07) is 9.30. The van der Waals surface area contributed by atoms with Crippen LogP contribution in [0.5, 0.6) is 0 Å². The summed E-state index contributed by atoms with van der Waals surface area (Å²) in [5, 5.41) is 0.0488. The van der Waals surface area contributed by atoms with E-state index >= 15 is 0 Å². The third-order valence-electron chi connectivity index (χ3n) is 4.53. The third kappa shape index (κ3) is 5.23. The second kappa shape index (κ2) is 9.52. The standard InChI is InChI=1S/C21H24ClNO5S/c1-5-23(6-2)29(26,27)16-9-10-19(22)18(12-16)21(25)28-13-20(24)17-11-14(3)7-8-15(17)4/h7-12H,5-6,13H2,1-4H3. The predicted molar refractivity (Wildman–Crippen MR) is 112 cm³/mol. The molecule has 0 bridgehead atoms. The van der Waals surface area contributed by atoms with Crippen LogP contribution in [0.2, 0.25) is 5.02 Å². The first-order valence-corrected chi connectivity index (χ1v) is 11.0. The molecular formula is C21H24ClNO5S. The highest BCUT2D eigenvalue weighted by Crippen LogP contribution is 2.24. The maximum atomic E-state index is 12.7. The van der Waals surface area contributed by atoms with Crippen LogP contribution in [0.3, 0.4) is 0 Å². The van der Waals surface area contributed by atoms with Gasteiger partial charge in [0.05, 0.1) is 15.5 Å². The van der Waals surface area contributed by atoms with Crippen LogP contribution in [0.4, 0.5) is 0 Å². The molecule has 0 aromatic heterocycles. The number of Topliss-reactive ketones (excluding diaryl/α,β-unsaturated/α-hetero) is 1. The molecule has 0 radical (unpaired) electrons. The Bertz CT molecular complexity index is 1030. The van der Waals surface area contributed by atoms with Crippen molar-refractivity contribution in [1.29, 1.82) is 0 Å². The monoisotopic (exact) mass is 437 g/mol. The molecule has 0 fully saturated rings. The van der Waals surface area contributed by atoms with Gasteiger partial charge in [0.15, 0.2) is 6.61 Å². The van der Waals surface area contributed by atoms with Crippen molar-refractivity contribution in [2.75, 3.05) is 19.7 Å². The maximum absolute atomic E-state index is 12.7. The zero-order chi connectivity index (χ0) is 21.8. The molecule has 0 aliphatic carbocycles. The number of sulfonamides is 1. The normalized spacial score (nSPS) is 11.5. The van der Waals surface area contributed by atoms with Gasteiger partial charge in [-0.25, -0.2) is 13.2 Å². The van der Waals surface area contributed by atoms with Gasteiger partial charge in [0, 0.05) is 18.7 Å². The highest BCUT2D eigenvalue weighted by atomic mass is 35.5. The number of ketones is 1. The molecule has 156 valence electrons. The van der Waals surface area contributed by atoms with E-state index in [1.165, 1.54) is 22.5 Å². The Kier molecular flexibility index (Phi) is 7.57. The highest BCUT2D eigenvalue weighted by Gasteiger charge is 2.24. The van der Waals surface area contributed by atoms with Crippen LogP contribution in [0.15, 0.2) is 41.3 Å². The van der Waals surface area contributed by atoms with Crippen LogP contribution in [0.1, 0.15) is 45.7 Å². The average Bonchev–Trinajstić information content (AvgIpc) is 2.68. The smallest absolute Gasteiger partial charge is 0.340 e. The minimum absolute atomic E-state index is 0.0488. The fourth-order valence-corrected chi connectivity index (χ4v) is 4.54. The van der Waals surface area contributed by atoms with Crippen molar-refractivity contribution in [2.24, 2.45) is 0 Å². The summed E-state index contributed by atoms with van der Waals surface area (Å²) >= 11 is 6.07. The lowest BCUT2D eigenvalue weighted by molar-refractivity contribution is 0.0474. The molecule has 0 amide bonds. The molecule has 0 saturated carbocycles. The first-order valence-electron chi connectivity index (χ1n) is 9.19. The van der Waals surface area contributed by atoms with E-state index in [0.717, 1.165) is 11.1 Å². The molecular weight excluding hydrogens is 414 g/mol. The van der Waals surface area contributed by atoms with Crippen LogP contribution < -0.4 is 0 Å². The third-order valence-corrected chi connectivity index (χ3v) is 6.90. The number of halogens is 1. The number of hydrogen-bond acceptors (Lipinski definition) is 5. The molecule has 6 nitrogen and oxygen atoms in total. The Morgan fingerprint density at radius 3 is 2.28 bits per heavy atom. The zero-order valence-corrected chi connectivity index (χ0v) is 18.4. The maximum Gasteiger partial charge on any atom is 0.340 e. The summed E-state index contributed by atoms with van der Waals surface area (Å²) in [5.41, 5.74) is 2.07. The average molecular weight is 438 g/mol. The molecule has 0 N–H and O–H groups in total. The summed E-state index contributed by atoms with van der Waals surface area (Å²) in [6.45, 7) is 7.25. The number of aryl methyl sites for hydroxylation is 2. The largest absolute Gasteiger partial charge is 0.454 e. The van der Waals surface area contributed by atoms with Gasteiger partial charge < -0.3 is 4.74 Å². The Morgan fingerprint density at radius 1 is 1.00 bits per heavy atom. The number of rotatable bonds is 8. The molecule has 29 heavy (non-hydrogen) atoms. The number of nitrogens with zero attached hydrogens (tertiary/aromatic N) is 1. The van der Waals surface area contributed by atoms with Gasteiger partial charge in [-0.05, 0) is 43.7 Å². The van der Waals surface area contributed by atoms with E-state index in [1.807, 2.05) is 19.1 Å². The molecule has 0 unspecified atom stereocenters.